The van der Waals surface area contributed by atoms with Crippen LogP contribution in [-0.2, 0) is 0 Å². The Morgan fingerprint density at radius 3 is 2.40 bits per heavy atom. The minimum Gasteiger partial charge on any atom is -0.339 e. The first-order chi connectivity index (χ1) is 12.0. The molecule has 0 aliphatic heterocycles. The van der Waals surface area contributed by atoms with Crippen LogP contribution in [0.25, 0.3) is 16.2 Å². The number of hydrogen-bond acceptors (Lipinski definition) is 3. The normalized spacial score (nSPS) is 11.2. The molecular formula is C21H21N3S. The molecule has 0 fully saturated rings. The van der Waals surface area contributed by atoms with E-state index in [-0.39, 0.29) is 0 Å². The summed E-state index contributed by atoms with van der Waals surface area (Å²) >= 11 is 1.74. The van der Waals surface area contributed by atoms with Crippen molar-refractivity contribution in [2.75, 3.05) is 5.32 Å². The Bertz CT molecular complexity index is 1050. The molecule has 0 bridgehead atoms. The molecule has 0 radical (unpaired) electrons. The maximum atomic E-state index is 4.94. The number of para-hydroxylation sites is 1. The van der Waals surface area contributed by atoms with Crippen LogP contribution in [0.2, 0.25) is 0 Å². The van der Waals surface area contributed by atoms with Gasteiger partial charge in [0.15, 0.2) is 0 Å². The van der Waals surface area contributed by atoms with Crippen LogP contribution >= 0.6 is 11.3 Å². The Morgan fingerprint density at radius 2 is 1.72 bits per heavy atom. The summed E-state index contributed by atoms with van der Waals surface area (Å²) in [5.74, 6) is 1.03. The summed E-state index contributed by atoms with van der Waals surface area (Å²) in [5, 5.41) is 5.80. The summed E-state index contributed by atoms with van der Waals surface area (Å²) < 4.78 is 2.15. The van der Waals surface area contributed by atoms with Crippen molar-refractivity contribution >= 4 is 28.5 Å². The number of thiophene rings is 1. The third kappa shape index (κ3) is 2.72. The lowest BCUT2D eigenvalue weighted by Crippen LogP contribution is -2.00. The lowest BCUT2D eigenvalue weighted by molar-refractivity contribution is 1.16. The fourth-order valence-corrected chi connectivity index (χ4v) is 4.09. The van der Waals surface area contributed by atoms with Gasteiger partial charge in [0.1, 0.15) is 17.2 Å². The number of aromatic nitrogens is 2. The number of imidazole rings is 1. The Morgan fingerprint density at radius 1 is 0.960 bits per heavy atom. The molecule has 0 aliphatic carbocycles. The van der Waals surface area contributed by atoms with Gasteiger partial charge in [-0.2, -0.15) is 0 Å². The highest BCUT2D eigenvalue weighted by atomic mass is 32.1. The largest absolute Gasteiger partial charge is 0.339 e. The highest BCUT2D eigenvalue weighted by Gasteiger charge is 2.18. The van der Waals surface area contributed by atoms with Crippen LogP contribution < -0.4 is 5.32 Å². The van der Waals surface area contributed by atoms with Gasteiger partial charge in [0.25, 0.3) is 0 Å². The van der Waals surface area contributed by atoms with Gasteiger partial charge < -0.3 is 5.32 Å². The fraction of sp³-hybridized carbons (Fsp3) is 0.190. The number of hydrogen-bond donors (Lipinski definition) is 1. The topological polar surface area (TPSA) is 29.3 Å². The number of rotatable bonds is 3. The van der Waals surface area contributed by atoms with E-state index in [1.54, 1.807) is 11.3 Å². The second-order valence-electron chi connectivity index (χ2n) is 6.57. The van der Waals surface area contributed by atoms with Gasteiger partial charge in [-0.25, -0.2) is 4.98 Å². The zero-order valence-electron chi connectivity index (χ0n) is 14.9. The Labute approximate surface area is 152 Å². The molecule has 4 rings (SSSR count). The van der Waals surface area contributed by atoms with Crippen LogP contribution in [0.15, 0.2) is 48.0 Å². The van der Waals surface area contributed by atoms with E-state index in [1.165, 1.54) is 27.1 Å². The van der Waals surface area contributed by atoms with Gasteiger partial charge in [-0.15, -0.1) is 11.3 Å². The number of benzene rings is 1. The quantitative estimate of drug-likeness (QED) is 0.489. The number of nitrogens with zero attached hydrogens (tertiary/aromatic N) is 2. The molecule has 3 nitrogen and oxygen atoms in total. The van der Waals surface area contributed by atoms with E-state index in [2.05, 4.69) is 85.4 Å². The Kier molecular flexibility index (Phi) is 3.85. The molecule has 0 aliphatic rings. The van der Waals surface area contributed by atoms with Crippen molar-refractivity contribution in [3.8, 4) is 10.6 Å². The zero-order valence-corrected chi connectivity index (χ0v) is 15.7. The van der Waals surface area contributed by atoms with Gasteiger partial charge in [-0.05, 0) is 73.5 Å². The van der Waals surface area contributed by atoms with Gasteiger partial charge in [0.05, 0.1) is 4.88 Å². The summed E-state index contributed by atoms with van der Waals surface area (Å²) in [6.45, 7) is 8.52. The predicted molar refractivity (Wildman–Crippen MR) is 107 cm³/mol. The van der Waals surface area contributed by atoms with Crippen LogP contribution in [-0.4, -0.2) is 9.38 Å². The summed E-state index contributed by atoms with van der Waals surface area (Å²) in [6.07, 6.45) is 2.10. The minimum atomic E-state index is 0.969. The summed E-state index contributed by atoms with van der Waals surface area (Å²) in [4.78, 5) is 6.16. The first-order valence-electron chi connectivity index (χ1n) is 8.41. The van der Waals surface area contributed by atoms with Crippen molar-refractivity contribution in [1.29, 1.82) is 0 Å². The van der Waals surface area contributed by atoms with Crippen LogP contribution in [0, 0.1) is 27.7 Å². The van der Waals surface area contributed by atoms with E-state index in [9.17, 15) is 0 Å². The summed E-state index contributed by atoms with van der Waals surface area (Å²) in [6, 6.07) is 12.8. The zero-order chi connectivity index (χ0) is 17.6. The number of pyridine rings is 1. The van der Waals surface area contributed by atoms with Crippen molar-refractivity contribution in [3.05, 3.63) is 70.2 Å². The predicted octanol–water partition coefficient (Wildman–Crippen LogP) is 6.04. The summed E-state index contributed by atoms with van der Waals surface area (Å²) in [5.41, 5.74) is 8.07. The maximum Gasteiger partial charge on any atom is 0.144 e. The molecule has 0 saturated heterocycles. The average molecular weight is 347 g/mol. The molecule has 0 atom stereocenters. The van der Waals surface area contributed by atoms with Crippen LogP contribution in [0.4, 0.5) is 11.5 Å². The molecule has 25 heavy (non-hydrogen) atoms. The number of anilines is 2. The fourth-order valence-electron chi connectivity index (χ4n) is 3.17. The third-order valence-corrected chi connectivity index (χ3v) is 5.61. The van der Waals surface area contributed by atoms with E-state index < -0.39 is 0 Å². The molecule has 3 heterocycles. The molecule has 0 unspecified atom stereocenters. The molecule has 1 N–H and O–H groups in total. The van der Waals surface area contributed by atoms with Crippen molar-refractivity contribution in [2.45, 2.75) is 27.7 Å². The smallest absolute Gasteiger partial charge is 0.144 e. The van der Waals surface area contributed by atoms with E-state index in [4.69, 9.17) is 4.98 Å². The third-order valence-electron chi connectivity index (χ3n) is 4.58. The summed E-state index contributed by atoms with van der Waals surface area (Å²) in [7, 11) is 0. The molecule has 4 aromatic rings. The monoisotopic (exact) mass is 347 g/mol. The molecule has 1 aromatic carbocycles. The lowest BCUT2D eigenvalue weighted by atomic mass is 10.1. The van der Waals surface area contributed by atoms with Crippen molar-refractivity contribution in [3.63, 3.8) is 0 Å². The van der Waals surface area contributed by atoms with Crippen molar-refractivity contribution < 1.29 is 0 Å². The number of aryl methyl sites for hydroxylation is 4. The lowest BCUT2D eigenvalue weighted by Gasteiger charge is -2.14. The van der Waals surface area contributed by atoms with E-state index in [1.807, 2.05) is 0 Å². The standard InChI is InChI=1S/C21H21N3S/c1-13-8-10-24-17(12-13)22-19(20-16(4)9-11-25-20)21(24)23-18-14(2)6-5-7-15(18)3/h5-12,23H,1-4H3. The van der Waals surface area contributed by atoms with Gasteiger partial charge in [0, 0.05) is 11.9 Å². The second-order valence-corrected chi connectivity index (χ2v) is 7.48. The van der Waals surface area contributed by atoms with Crippen molar-refractivity contribution in [1.82, 2.24) is 9.38 Å². The second kappa shape index (κ2) is 6.05. The molecule has 4 heteroatoms. The first-order valence-corrected chi connectivity index (χ1v) is 9.29. The molecule has 3 aromatic heterocycles. The average Bonchev–Trinajstić information content (AvgIpc) is 3.14. The Hall–Kier alpha value is -2.59. The molecular weight excluding hydrogens is 326 g/mol. The number of nitrogens with one attached hydrogen (secondary N) is 1. The SMILES string of the molecule is Cc1ccn2c(Nc3c(C)cccc3C)c(-c3sccc3C)nc2c1. The molecule has 0 spiro atoms. The van der Waals surface area contributed by atoms with Gasteiger partial charge in [0.2, 0.25) is 0 Å². The van der Waals surface area contributed by atoms with E-state index in [0.717, 1.165) is 22.8 Å². The van der Waals surface area contributed by atoms with Gasteiger partial charge >= 0.3 is 0 Å². The Balaban J connectivity index is 1.96. The highest BCUT2D eigenvalue weighted by molar-refractivity contribution is 7.13. The van der Waals surface area contributed by atoms with E-state index >= 15 is 0 Å². The maximum absolute atomic E-state index is 4.94. The molecule has 126 valence electrons. The number of fused-ring (bicyclic) bond motifs is 1. The van der Waals surface area contributed by atoms with Crippen LogP contribution in [0.5, 0.6) is 0 Å². The molecule has 0 amide bonds. The minimum absolute atomic E-state index is 0.969. The van der Waals surface area contributed by atoms with Crippen molar-refractivity contribution in [2.24, 2.45) is 0 Å². The van der Waals surface area contributed by atoms with Crippen LogP contribution in [0.1, 0.15) is 22.3 Å². The molecule has 0 saturated carbocycles. The van der Waals surface area contributed by atoms with Gasteiger partial charge in [-0.3, -0.25) is 4.40 Å². The highest BCUT2D eigenvalue weighted by Crippen LogP contribution is 2.37. The first kappa shape index (κ1) is 15.9. The van der Waals surface area contributed by atoms with E-state index in [0.29, 0.717) is 0 Å². The van der Waals surface area contributed by atoms with Crippen LogP contribution in [0.3, 0.4) is 0 Å². The van der Waals surface area contributed by atoms with Gasteiger partial charge in [-0.1, -0.05) is 18.2 Å².